The van der Waals surface area contributed by atoms with Crippen LogP contribution in [0.5, 0.6) is 0 Å². The fraction of sp³-hybridized carbons (Fsp3) is 0.914. The monoisotopic (exact) mass is 568 g/mol. The Morgan fingerprint density at radius 3 is 1.45 bits per heavy atom. The Bertz CT molecular complexity index is 554. The summed E-state index contributed by atoms with van der Waals surface area (Å²) in [6.07, 6.45) is 33.1. The smallest absolute Gasteiger partial charge is 0.220 e. The van der Waals surface area contributed by atoms with Crippen molar-refractivity contribution in [2.75, 3.05) is 6.61 Å². The Morgan fingerprint density at radius 2 is 1.00 bits per heavy atom. The number of carbonyl (C=O) groups is 1. The van der Waals surface area contributed by atoms with Gasteiger partial charge in [0.1, 0.15) is 6.10 Å². The standard InChI is InChI=1S/C35H69NO4/c1-3-5-7-9-11-13-14-15-16-17-18-19-20-22-24-26-28-30-34(39)36-32(31-37)35(40)33(38)29-27-25-23-21-12-10-8-6-4-2/h21,23,32-33,35,37-38,40H,3-20,22,24-31H2,1-2H3,(H,36,39)/b23-21+. The minimum absolute atomic E-state index is 0.155. The van der Waals surface area contributed by atoms with Crippen LogP contribution < -0.4 is 5.32 Å². The van der Waals surface area contributed by atoms with Gasteiger partial charge in [-0.3, -0.25) is 4.79 Å². The Balaban J connectivity index is 3.67. The lowest BCUT2D eigenvalue weighted by Crippen LogP contribution is -2.50. The largest absolute Gasteiger partial charge is 0.394 e. The Hall–Kier alpha value is -0.910. The predicted octanol–water partition coefficient (Wildman–Crippen LogP) is 8.92. The molecule has 0 radical (unpaired) electrons. The summed E-state index contributed by atoms with van der Waals surface area (Å²) in [6.45, 7) is 4.11. The highest BCUT2D eigenvalue weighted by molar-refractivity contribution is 5.76. The minimum Gasteiger partial charge on any atom is -0.394 e. The second-order valence-electron chi connectivity index (χ2n) is 12.1. The SMILES string of the molecule is CCCCCC/C=C/CCCC(O)C(O)C(CO)NC(=O)CCCCCCCCCCCCCCCCCCC. The van der Waals surface area contributed by atoms with E-state index in [0.717, 1.165) is 38.5 Å². The van der Waals surface area contributed by atoms with Crippen LogP contribution in [0.3, 0.4) is 0 Å². The Kier molecular flexibility index (Phi) is 30.3. The summed E-state index contributed by atoms with van der Waals surface area (Å²) < 4.78 is 0. The topological polar surface area (TPSA) is 89.8 Å². The van der Waals surface area contributed by atoms with Crippen LogP contribution >= 0.6 is 0 Å². The zero-order valence-corrected chi connectivity index (χ0v) is 26.7. The molecule has 5 nitrogen and oxygen atoms in total. The van der Waals surface area contributed by atoms with Crippen molar-refractivity contribution in [3.05, 3.63) is 12.2 Å². The second kappa shape index (κ2) is 31.0. The molecule has 0 rings (SSSR count). The van der Waals surface area contributed by atoms with Crippen LogP contribution in [0.1, 0.15) is 181 Å². The zero-order valence-electron chi connectivity index (χ0n) is 26.7. The third-order valence-electron chi connectivity index (χ3n) is 8.12. The minimum atomic E-state index is -1.15. The van der Waals surface area contributed by atoms with E-state index in [1.165, 1.54) is 116 Å². The van der Waals surface area contributed by atoms with Crippen LogP contribution in [0, 0.1) is 0 Å². The van der Waals surface area contributed by atoms with Crippen molar-refractivity contribution in [2.24, 2.45) is 0 Å². The fourth-order valence-corrected chi connectivity index (χ4v) is 5.34. The molecule has 0 fully saturated rings. The van der Waals surface area contributed by atoms with Crippen molar-refractivity contribution in [3.63, 3.8) is 0 Å². The summed E-state index contributed by atoms with van der Waals surface area (Å²) in [4.78, 5) is 12.3. The van der Waals surface area contributed by atoms with Crippen molar-refractivity contribution in [1.29, 1.82) is 0 Å². The molecule has 0 heterocycles. The maximum atomic E-state index is 12.3. The van der Waals surface area contributed by atoms with Crippen LogP contribution in [-0.2, 0) is 4.79 Å². The normalized spacial score (nSPS) is 14.0. The van der Waals surface area contributed by atoms with Gasteiger partial charge in [-0.25, -0.2) is 0 Å². The number of amides is 1. The number of hydrogen-bond acceptors (Lipinski definition) is 4. The number of allylic oxidation sites excluding steroid dienone is 2. The van der Waals surface area contributed by atoms with E-state index in [2.05, 4.69) is 31.3 Å². The van der Waals surface area contributed by atoms with Gasteiger partial charge in [-0.15, -0.1) is 0 Å². The molecule has 0 aromatic carbocycles. The van der Waals surface area contributed by atoms with Crippen LogP contribution in [0.2, 0.25) is 0 Å². The lowest BCUT2D eigenvalue weighted by molar-refractivity contribution is -0.124. The first kappa shape index (κ1) is 39.1. The van der Waals surface area contributed by atoms with Gasteiger partial charge in [-0.05, 0) is 38.5 Å². The molecule has 0 spiro atoms. The van der Waals surface area contributed by atoms with Gasteiger partial charge in [0, 0.05) is 6.42 Å². The van der Waals surface area contributed by atoms with E-state index >= 15 is 0 Å². The highest BCUT2D eigenvalue weighted by atomic mass is 16.3. The van der Waals surface area contributed by atoms with Gasteiger partial charge in [0.15, 0.2) is 0 Å². The number of aliphatic hydroxyl groups is 3. The van der Waals surface area contributed by atoms with E-state index in [-0.39, 0.29) is 12.5 Å². The fourth-order valence-electron chi connectivity index (χ4n) is 5.34. The summed E-state index contributed by atoms with van der Waals surface area (Å²) in [5.41, 5.74) is 0. The molecule has 0 aliphatic heterocycles. The summed E-state index contributed by atoms with van der Waals surface area (Å²) in [5.74, 6) is -0.155. The maximum absolute atomic E-state index is 12.3. The van der Waals surface area contributed by atoms with Crippen molar-refractivity contribution in [1.82, 2.24) is 5.32 Å². The maximum Gasteiger partial charge on any atom is 0.220 e. The quantitative estimate of drug-likeness (QED) is 0.0497. The molecule has 0 aromatic heterocycles. The first-order chi connectivity index (χ1) is 19.6. The lowest BCUT2D eigenvalue weighted by Gasteiger charge is -2.26. The lowest BCUT2D eigenvalue weighted by atomic mass is 10.0. The molecule has 0 aromatic rings. The molecule has 0 saturated carbocycles. The summed E-state index contributed by atoms with van der Waals surface area (Å²) in [6, 6.07) is -0.817. The summed E-state index contributed by atoms with van der Waals surface area (Å²) in [7, 11) is 0. The molecule has 0 aliphatic rings. The first-order valence-electron chi connectivity index (χ1n) is 17.5. The van der Waals surface area contributed by atoms with Crippen molar-refractivity contribution in [3.8, 4) is 0 Å². The van der Waals surface area contributed by atoms with E-state index < -0.39 is 18.2 Å². The predicted molar refractivity (Wildman–Crippen MR) is 172 cm³/mol. The van der Waals surface area contributed by atoms with E-state index in [4.69, 9.17) is 0 Å². The van der Waals surface area contributed by atoms with Gasteiger partial charge in [0.05, 0.1) is 18.8 Å². The molecule has 3 atom stereocenters. The highest BCUT2D eigenvalue weighted by Gasteiger charge is 2.26. The number of nitrogens with one attached hydrogen (secondary N) is 1. The number of carbonyl (C=O) groups excluding carboxylic acids is 1. The number of hydrogen-bond donors (Lipinski definition) is 4. The summed E-state index contributed by atoms with van der Waals surface area (Å²) >= 11 is 0. The molecule has 3 unspecified atom stereocenters. The molecule has 5 heteroatoms. The highest BCUT2D eigenvalue weighted by Crippen LogP contribution is 2.15. The first-order valence-corrected chi connectivity index (χ1v) is 17.5. The van der Waals surface area contributed by atoms with E-state index in [0.29, 0.717) is 12.8 Å². The molecule has 0 saturated heterocycles. The third kappa shape index (κ3) is 26.0. The zero-order chi connectivity index (χ0) is 29.5. The van der Waals surface area contributed by atoms with Crippen LogP contribution in [0.25, 0.3) is 0 Å². The molecule has 238 valence electrons. The number of rotatable bonds is 31. The second-order valence-corrected chi connectivity index (χ2v) is 12.1. The number of unbranched alkanes of at least 4 members (excludes halogenated alkanes) is 21. The van der Waals surface area contributed by atoms with Crippen molar-refractivity contribution >= 4 is 5.91 Å². The van der Waals surface area contributed by atoms with Crippen molar-refractivity contribution < 1.29 is 20.1 Å². The Morgan fingerprint density at radius 1 is 0.600 bits per heavy atom. The molecule has 0 aliphatic carbocycles. The third-order valence-corrected chi connectivity index (χ3v) is 8.12. The van der Waals surface area contributed by atoms with E-state index in [1.54, 1.807) is 0 Å². The number of aliphatic hydroxyl groups excluding tert-OH is 3. The van der Waals surface area contributed by atoms with Gasteiger partial charge in [-0.1, -0.05) is 148 Å². The molecule has 1 amide bonds. The average molecular weight is 568 g/mol. The average Bonchev–Trinajstić information content (AvgIpc) is 2.96. The molecular weight excluding hydrogens is 498 g/mol. The molecular formula is C35H69NO4. The van der Waals surface area contributed by atoms with Crippen LogP contribution in [0.4, 0.5) is 0 Å². The van der Waals surface area contributed by atoms with Crippen molar-refractivity contribution in [2.45, 2.75) is 199 Å². The molecule has 0 bridgehead atoms. The van der Waals surface area contributed by atoms with Gasteiger partial charge < -0.3 is 20.6 Å². The van der Waals surface area contributed by atoms with Crippen LogP contribution in [-0.4, -0.2) is 46.1 Å². The van der Waals surface area contributed by atoms with E-state index in [9.17, 15) is 20.1 Å². The Labute approximate surface area is 249 Å². The van der Waals surface area contributed by atoms with Gasteiger partial charge in [-0.2, -0.15) is 0 Å². The van der Waals surface area contributed by atoms with Crippen LogP contribution in [0.15, 0.2) is 12.2 Å². The van der Waals surface area contributed by atoms with E-state index in [1.807, 2.05) is 0 Å². The molecule has 40 heavy (non-hydrogen) atoms. The summed E-state index contributed by atoms with van der Waals surface area (Å²) in [5, 5.41) is 33.1. The molecule has 4 N–H and O–H groups in total. The van der Waals surface area contributed by atoms with Gasteiger partial charge in [0.25, 0.3) is 0 Å². The van der Waals surface area contributed by atoms with Gasteiger partial charge >= 0.3 is 0 Å². The van der Waals surface area contributed by atoms with Gasteiger partial charge in [0.2, 0.25) is 5.91 Å².